The predicted molar refractivity (Wildman–Crippen MR) is 74.0 cm³/mol. The van der Waals surface area contributed by atoms with Crippen molar-refractivity contribution < 1.29 is 8.85 Å². The van der Waals surface area contributed by atoms with E-state index in [1.807, 2.05) is 0 Å². The number of hydrogen-bond donors (Lipinski definition) is 1. The lowest BCUT2D eigenvalue weighted by Gasteiger charge is -2.26. The molecular weight excluding hydrogens is 230 g/mol. The van der Waals surface area contributed by atoms with Gasteiger partial charge in [-0.15, -0.1) is 0 Å². The first kappa shape index (κ1) is 14.7. The number of hydrogen-bond acceptors (Lipinski definition) is 3. The summed E-state index contributed by atoms with van der Waals surface area (Å²) in [5.74, 6) is 0. The highest BCUT2D eigenvalue weighted by Crippen LogP contribution is 2.28. The summed E-state index contributed by atoms with van der Waals surface area (Å²) < 4.78 is 11.2. The van der Waals surface area contributed by atoms with Crippen LogP contribution in [0.2, 0.25) is 12.1 Å². The van der Waals surface area contributed by atoms with Gasteiger partial charge in [0.15, 0.2) is 0 Å². The molecule has 0 saturated heterocycles. The van der Waals surface area contributed by atoms with Crippen LogP contribution < -0.4 is 5.73 Å². The normalized spacial score (nSPS) is 17.2. The maximum absolute atomic E-state index is 6.21. The van der Waals surface area contributed by atoms with E-state index in [0.29, 0.717) is 0 Å². The molecule has 0 spiro atoms. The third kappa shape index (κ3) is 4.12. The SMILES string of the molecule is CC[Si](CCC(N)=C1CCCCC1)(OC)OC. The summed E-state index contributed by atoms with van der Waals surface area (Å²) in [6.07, 6.45) is 7.32. The molecule has 0 aromatic rings. The van der Waals surface area contributed by atoms with E-state index in [4.69, 9.17) is 14.6 Å². The molecule has 1 aliphatic carbocycles. The highest BCUT2D eigenvalue weighted by Gasteiger charge is 2.32. The fourth-order valence-corrected chi connectivity index (χ4v) is 4.71. The van der Waals surface area contributed by atoms with Crippen molar-refractivity contribution in [3.8, 4) is 0 Å². The Morgan fingerprint density at radius 1 is 1.18 bits per heavy atom. The van der Waals surface area contributed by atoms with E-state index in [1.54, 1.807) is 14.2 Å². The van der Waals surface area contributed by atoms with Crippen molar-refractivity contribution in [1.29, 1.82) is 0 Å². The van der Waals surface area contributed by atoms with E-state index in [2.05, 4.69) is 6.92 Å². The van der Waals surface area contributed by atoms with Gasteiger partial charge in [-0.1, -0.05) is 18.9 Å². The molecule has 1 fully saturated rings. The molecule has 1 saturated carbocycles. The van der Waals surface area contributed by atoms with Crippen LogP contribution >= 0.6 is 0 Å². The van der Waals surface area contributed by atoms with E-state index in [0.717, 1.165) is 24.2 Å². The number of rotatable bonds is 6. The maximum atomic E-state index is 6.21. The van der Waals surface area contributed by atoms with Crippen LogP contribution in [0.4, 0.5) is 0 Å². The van der Waals surface area contributed by atoms with Gasteiger partial charge in [0.05, 0.1) is 0 Å². The van der Waals surface area contributed by atoms with Gasteiger partial charge >= 0.3 is 8.56 Å². The summed E-state index contributed by atoms with van der Waals surface area (Å²) in [5.41, 5.74) is 8.80. The topological polar surface area (TPSA) is 44.5 Å². The van der Waals surface area contributed by atoms with Crippen LogP contribution in [0.3, 0.4) is 0 Å². The molecule has 0 bridgehead atoms. The van der Waals surface area contributed by atoms with Crippen LogP contribution in [0, 0.1) is 0 Å². The van der Waals surface area contributed by atoms with Crippen LogP contribution in [-0.2, 0) is 8.85 Å². The zero-order chi connectivity index (χ0) is 12.7. The standard InChI is InChI=1S/C13H27NO2Si/c1-4-17(15-2,16-3)11-10-13(14)12-8-6-5-7-9-12/h4-11,14H2,1-3H3. The Balaban J connectivity index is 2.53. The molecule has 4 heteroatoms. The van der Waals surface area contributed by atoms with Crippen molar-refractivity contribution in [3.05, 3.63) is 11.3 Å². The number of nitrogens with two attached hydrogens (primary N) is 1. The van der Waals surface area contributed by atoms with Gasteiger partial charge < -0.3 is 14.6 Å². The van der Waals surface area contributed by atoms with Gasteiger partial charge in [-0.3, -0.25) is 0 Å². The van der Waals surface area contributed by atoms with E-state index < -0.39 is 8.56 Å². The Kier molecular flexibility index (Phi) is 6.23. The number of allylic oxidation sites excluding steroid dienone is 2. The lowest BCUT2D eigenvalue weighted by Crippen LogP contribution is -2.39. The van der Waals surface area contributed by atoms with Crippen LogP contribution in [0.5, 0.6) is 0 Å². The fourth-order valence-electron chi connectivity index (χ4n) is 2.55. The third-order valence-corrected chi connectivity index (χ3v) is 7.55. The molecule has 2 N–H and O–H groups in total. The van der Waals surface area contributed by atoms with Crippen molar-refractivity contribution in [2.24, 2.45) is 5.73 Å². The van der Waals surface area contributed by atoms with Crippen molar-refractivity contribution in [1.82, 2.24) is 0 Å². The van der Waals surface area contributed by atoms with Crippen LogP contribution in [0.15, 0.2) is 11.3 Å². The first-order valence-corrected chi connectivity index (χ1v) is 8.97. The van der Waals surface area contributed by atoms with Crippen LogP contribution in [-0.4, -0.2) is 22.8 Å². The van der Waals surface area contributed by atoms with Crippen LogP contribution in [0.1, 0.15) is 45.4 Å². The molecule has 0 radical (unpaired) electrons. The first-order valence-electron chi connectivity index (χ1n) is 6.74. The van der Waals surface area contributed by atoms with E-state index in [9.17, 15) is 0 Å². The zero-order valence-corrected chi connectivity index (χ0v) is 12.6. The Morgan fingerprint density at radius 3 is 2.24 bits per heavy atom. The molecule has 0 heterocycles. The Labute approximate surface area is 107 Å². The summed E-state index contributed by atoms with van der Waals surface area (Å²) >= 11 is 0. The first-order chi connectivity index (χ1) is 8.17. The highest BCUT2D eigenvalue weighted by molar-refractivity contribution is 6.67. The smallest absolute Gasteiger partial charge is 0.337 e. The third-order valence-electron chi connectivity index (χ3n) is 3.97. The average Bonchev–Trinajstić information content (AvgIpc) is 2.41. The van der Waals surface area contributed by atoms with Crippen molar-refractivity contribution >= 4 is 8.56 Å². The molecule has 0 aromatic heterocycles. The molecular formula is C13H27NO2Si. The summed E-state index contributed by atoms with van der Waals surface area (Å²) in [6, 6.07) is 1.97. The lowest BCUT2D eigenvalue weighted by molar-refractivity contribution is 0.242. The van der Waals surface area contributed by atoms with Crippen molar-refractivity contribution in [2.45, 2.75) is 57.5 Å². The molecule has 17 heavy (non-hydrogen) atoms. The highest BCUT2D eigenvalue weighted by atomic mass is 28.4. The molecule has 1 aliphatic rings. The predicted octanol–water partition coefficient (Wildman–Crippen LogP) is 3.31. The summed E-state index contributed by atoms with van der Waals surface area (Å²) in [7, 11) is 1.58. The minimum Gasteiger partial charge on any atom is -0.402 e. The second-order valence-electron chi connectivity index (χ2n) is 4.86. The molecule has 0 aliphatic heterocycles. The molecule has 3 nitrogen and oxygen atoms in total. The van der Waals surface area contributed by atoms with E-state index in [1.165, 1.54) is 37.7 Å². The molecule has 100 valence electrons. The van der Waals surface area contributed by atoms with Crippen LogP contribution in [0.25, 0.3) is 0 Å². The van der Waals surface area contributed by atoms with Gasteiger partial charge in [0.1, 0.15) is 0 Å². The molecule has 0 atom stereocenters. The van der Waals surface area contributed by atoms with Gasteiger partial charge in [0.25, 0.3) is 0 Å². The van der Waals surface area contributed by atoms with Gasteiger partial charge in [-0.05, 0) is 44.2 Å². The largest absolute Gasteiger partial charge is 0.402 e. The quantitative estimate of drug-likeness (QED) is 0.742. The zero-order valence-electron chi connectivity index (χ0n) is 11.6. The van der Waals surface area contributed by atoms with E-state index >= 15 is 0 Å². The molecule has 0 amide bonds. The van der Waals surface area contributed by atoms with Gasteiger partial charge in [0.2, 0.25) is 0 Å². The second-order valence-corrected chi connectivity index (χ2v) is 8.71. The Hall–Kier alpha value is -0.323. The summed E-state index contributed by atoms with van der Waals surface area (Å²) in [5, 5.41) is 0. The lowest BCUT2D eigenvalue weighted by atomic mass is 9.93. The van der Waals surface area contributed by atoms with Crippen molar-refractivity contribution in [3.63, 3.8) is 0 Å². The maximum Gasteiger partial charge on any atom is 0.337 e. The monoisotopic (exact) mass is 257 g/mol. The minimum atomic E-state index is -1.96. The van der Waals surface area contributed by atoms with Gasteiger partial charge in [0, 0.05) is 19.9 Å². The van der Waals surface area contributed by atoms with Gasteiger partial charge in [-0.2, -0.15) is 0 Å². The summed E-state index contributed by atoms with van der Waals surface area (Å²) in [4.78, 5) is 0. The van der Waals surface area contributed by atoms with Crippen molar-refractivity contribution in [2.75, 3.05) is 14.2 Å². The van der Waals surface area contributed by atoms with E-state index in [-0.39, 0.29) is 0 Å². The second kappa shape index (κ2) is 7.19. The average molecular weight is 257 g/mol. The molecule has 0 unspecified atom stereocenters. The van der Waals surface area contributed by atoms with Gasteiger partial charge in [-0.25, -0.2) is 0 Å². The molecule has 1 rings (SSSR count). The minimum absolute atomic E-state index is 0.942. The summed E-state index contributed by atoms with van der Waals surface area (Å²) in [6.45, 7) is 2.14. The Morgan fingerprint density at radius 2 is 1.76 bits per heavy atom. The molecule has 0 aromatic carbocycles. The Bertz CT molecular complexity index is 246. The fraction of sp³-hybridized carbons (Fsp3) is 0.846.